The fourth-order valence-electron chi connectivity index (χ4n) is 3.10. The Morgan fingerprint density at radius 1 is 1.30 bits per heavy atom. The molecular weight excluding hydrogens is 338 g/mol. The maximum absolute atomic E-state index is 5.46. The molecule has 0 radical (unpaired) electrons. The van der Waals surface area contributed by atoms with E-state index in [2.05, 4.69) is 43.4 Å². The number of likely N-dealkylation sites (N-methyl/N-ethyl adjacent to an activating group) is 1. The molecule has 0 unspecified atom stereocenters. The molecule has 1 aromatic heterocycles. The highest BCUT2D eigenvalue weighted by Crippen LogP contribution is 2.24. The lowest BCUT2D eigenvalue weighted by Crippen LogP contribution is -2.32. The Bertz CT molecular complexity index is 840. The van der Waals surface area contributed by atoms with Gasteiger partial charge in [-0.15, -0.1) is 0 Å². The maximum Gasteiger partial charge on any atom is 0.227 e. The second-order valence-corrected chi connectivity index (χ2v) is 6.65. The number of aryl methyl sites for hydroxylation is 2. The van der Waals surface area contributed by atoms with Crippen LogP contribution in [-0.2, 0) is 6.42 Å². The van der Waals surface area contributed by atoms with Gasteiger partial charge in [0.15, 0.2) is 0 Å². The number of aromatic nitrogens is 2. The summed E-state index contributed by atoms with van der Waals surface area (Å²) in [6.45, 7) is 5.64. The Balaban J connectivity index is 1.95. The van der Waals surface area contributed by atoms with Gasteiger partial charge in [0.1, 0.15) is 5.75 Å². The molecule has 6 nitrogen and oxygen atoms in total. The molecule has 0 aliphatic carbocycles. The molecule has 1 aromatic carbocycles. The Kier molecular flexibility index (Phi) is 6.64. The number of hydrogen-bond donors (Lipinski definition) is 2. The molecule has 0 fully saturated rings. The van der Waals surface area contributed by atoms with E-state index in [1.54, 1.807) is 7.11 Å². The minimum absolute atomic E-state index is 0.623. The highest BCUT2D eigenvalue weighted by Gasteiger charge is 2.09. The lowest BCUT2D eigenvalue weighted by molar-refractivity contribution is 0.304. The number of hydrogen-bond acceptors (Lipinski definition) is 6. The van der Waals surface area contributed by atoms with E-state index < -0.39 is 0 Å². The standard InChI is InChI=1S/C21H27N5O/c1-16-14-18-7-5-12-26(13-10-22-2)11-4-6-17-15-19(8-9-20(17)27-3)25-21(23-16)24-18/h8-9,14-15,22H,5,7,10-13H2,1-3H3,(H,23,24,25). The zero-order valence-electron chi connectivity index (χ0n) is 16.3. The van der Waals surface area contributed by atoms with Crippen molar-refractivity contribution >= 4 is 11.6 Å². The first-order chi connectivity index (χ1) is 13.2. The lowest BCUT2D eigenvalue weighted by atomic mass is 10.1. The molecule has 0 saturated carbocycles. The van der Waals surface area contributed by atoms with Gasteiger partial charge in [-0.2, -0.15) is 0 Å². The van der Waals surface area contributed by atoms with Gasteiger partial charge in [-0.05, 0) is 57.6 Å². The molecule has 0 amide bonds. The first-order valence-corrected chi connectivity index (χ1v) is 9.33. The number of nitrogens with one attached hydrogen (secondary N) is 2. The summed E-state index contributed by atoms with van der Waals surface area (Å²) in [6, 6.07) is 7.93. The normalized spacial score (nSPS) is 14.5. The van der Waals surface area contributed by atoms with Crippen molar-refractivity contribution in [1.29, 1.82) is 0 Å². The summed E-state index contributed by atoms with van der Waals surface area (Å²) in [4.78, 5) is 11.6. The zero-order chi connectivity index (χ0) is 19.1. The Labute approximate surface area is 161 Å². The summed E-state index contributed by atoms with van der Waals surface area (Å²) < 4.78 is 5.46. The Morgan fingerprint density at radius 3 is 3.00 bits per heavy atom. The van der Waals surface area contributed by atoms with Gasteiger partial charge in [0.2, 0.25) is 5.95 Å². The van der Waals surface area contributed by atoms with Crippen molar-refractivity contribution in [1.82, 2.24) is 20.2 Å². The minimum Gasteiger partial charge on any atom is -0.495 e. The Hall–Kier alpha value is -2.62. The molecule has 2 N–H and O–H groups in total. The summed E-state index contributed by atoms with van der Waals surface area (Å²) in [5, 5.41) is 6.52. The molecule has 1 aliphatic rings. The monoisotopic (exact) mass is 365 g/mol. The van der Waals surface area contributed by atoms with Crippen molar-refractivity contribution in [2.45, 2.75) is 19.8 Å². The van der Waals surface area contributed by atoms with E-state index in [0.717, 1.165) is 67.4 Å². The average molecular weight is 365 g/mol. The van der Waals surface area contributed by atoms with E-state index in [9.17, 15) is 0 Å². The first-order valence-electron chi connectivity index (χ1n) is 9.33. The molecule has 1 aliphatic heterocycles. The third kappa shape index (κ3) is 5.43. The summed E-state index contributed by atoms with van der Waals surface area (Å²) in [6.07, 6.45) is 1.96. The summed E-state index contributed by atoms with van der Waals surface area (Å²) >= 11 is 0. The van der Waals surface area contributed by atoms with Crippen LogP contribution in [-0.4, -0.2) is 55.2 Å². The van der Waals surface area contributed by atoms with Gasteiger partial charge in [-0.25, -0.2) is 9.97 Å². The smallest absolute Gasteiger partial charge is 0.227 e. The largest absolute Gasteiger partial charge is 0.495 e. The number of nitrogens with zero attached hydrogens (tertiary/aromatic N) is 3. The fraction of sp³-hybridized carbons (Fsp3) is 0.429. The van der Waals surface area contributed by atoms with Crippen molar-refractivity contribution in [3.8, 4) is 17.6 Å². The van der Waals surface area contributed by atoms with Crippen LogP contribution in [0.1, 0.15) is 23.4 Å². The molecule has 6 heteroatoms. The van der Waals surface area contributed by atoms with Crippen molar-refractivity contribution in [3.05, 3.63) is 41.2 Å². The van der Waals surface area contributed by atoms with E-state index in [0.29, 0.717) is 5.95 Å². The second kappa shape index (κ2) is 9.36. The van der Waals surface area contributed by atoms with Crippen molar-refractivity contribution in [3.63, 3.8) is 0 Å². The molecule has 2 aromatic rings. The van der Waals surface area contributed by atoms with Crippen molar-refractivity contribution in [2.24, 2.45) is 0 Å². The SMILES string of the molecule is CNCCN1CC#Cc2cc(ccc2OC)Nc2nc(C)cc(n2)CCC1. The average Bonchev–Trinajstić information content (AvgIpc) is 2.65. The molecule has 0 saturated heterocycles. The van der Waals surface area contributed by atoms with Crippen molar-refractivity contribution in [2.75, 3.05) is 45.7 Å². The molecule has 2 heterocycles. The lowest BCUT2D eigenvalue weighted by Gasteiger charge is -2.19. The van der Waals surface area contributed by atoms with Crippen LogP contribution in [0.25, 0.3) is 0 Å². The molecule has 0 spiro atoms. The number of anilines is 2. The van der Waals surface area contributed by atoms with Crippen LogP contribution in [0.3, 0.4) is 0 Å². The van der Waals surface area contributed by atoms with Gasteiger partial charge in [0.25, 0.3) is 0 Å². The summed E-state index contributed by atoms with van der Waals surface area (Å²) in [7, 11) is 3.64. The van der Waals surface area contributed by atoms with Gasteiger partial charge < -0.3 is 15.4 Å². The van der Waals surface area contributed by atoms with Crippen molar-refractivity contribution < 1.29 is 4.74 Å². The van der Waals surface area contributed by atoms with E-state index in [-0.39, 0.29) is 0 Å². The van der Waals surface area contributed by atoms with Gasteiger partial charge in [-0.1, -0.05) is 11.8 Å². The summed E-state index contributed by atoms with van der Waals surface area (Å²) in [5.74, 6) is 7.97. The van der Waals surface area contributed by atoms with Gasteiger partial charge >= 0.3 is 0 Å². The minimum atomic E-state index is 0.623. The number of rotatable bonds is 4. The van der Waals surface area contributed by atoms with Crippen LogP contribution in [0, 0.1) is 18.8 Å². The van der Waals surface area contributed by atoms with E-state index in [1.165, 1.54) is 0 Å². The number of benzene rings is 1. The van der Waals surface area contributed by atoms with Crippen LogP contribution < -0.4 is 15.4 Å². The number of fused-ring (bicyclic) bond motifs is 4. The second-order valence-electron chi connectivity index (χ2n) is 6.65. The first kappa shape index (κ1) is 19.2. The van der Waals surface area contributed by atoms with E-state index in [4.69, 9.17) is 4.74 Å². The fourth-order valence-corrected chi connectivity index (χ4v) is 3.10. The highest BCUT2D eigenvalue weighted by molar-refractivity contribution is 5.61. The molecule has 3 rings (SSSR count). The van der Waals surface area contributed by atoms with Gasteiger partial charge in [0, 0.05) is 30.2 Å². The molecular formula is C21H27N5O. The number of ether oxygens (including phenoxy) is 1. The zero-order valence-corrected chi connectivity index (χ0v) is 16.3. The third-order valence-electron chi connectivity index (χ3n) is 4.47. The molecule has 4 bridgehead atoms. The summed E-state index contributed by atoms with van der Waals surface area (Å²) in [5.41, 5.74) is 3.80. The maximum atomic E-state index is 5.46. The third-order valence-corrected chi connectivity index (χ3v) is 4.47. The van der Waals surface area contributed by atoms with Crippen LogP contribution in [0.15, 0.2) is 24.3 Å². The van der Waals surface area contributed by atoms with E-state index >= 15 is 0 Å². The predicted octanol–water partition coefficient (Wildman–Crippen LogP) is 2.36. The van der Waals surface area contributed by atoms with Gasteiger partial charge in [-0.3, -0.25) is 4.90 Å². The molecule has 27 heavy (non-hydrogen) atoms. The van der Waals surface area contributed by atoms with Crippen LogP contribution in [0.5, 0.6) is 5.75 Å². The van der Waals surface area contributed by atoms with E-state index in [1.807, 2.05) is 32.2 Å². The predicted molar refractivity (Wildman–Crippen MR) is 109 cm³/mol. The number of methoxy groups -OCH3 is 1. The van der Waals surface area contributed by atoms with Crippen LogP contribution in [0.4, 0.5) is 11.6 Å². The van der Waals surface area contributed by atoms with Gasteiger partial charge in [0.05, 0.1) is 19.2 Å². The van der Waals surface area contributed by atoms with Crippen LogP contribution >= 0.6 is 0 Å². The molecule has 0 atom stereocenters. The highest BCUT2D eigenvalue weighted by atomic mass is 16.5. The quantitative estimate of drug-likeness (QED) is 0.811. The molecule has 142 valence electrons. The Morgan fingerprint density at radius 2 is 2.19 bits per heavy atom. The van der Waals surface area contributed by atoms with Crippen LogP contribution in [0.2, 0.25) is 0 Å². The topological polar surface area (TPSA) is 62.3 Å².